The van der Waals surface area contributed by atoms with Gasteiger partial charge in [-0.15, -0.1) is 0 Å². The Labute approximate surface area is 59.9 Å². The summed E-state index contributed by atoms with van der Waals surface area (Å²) in [5.74, 6) is -0.786. The van der Waals surface area contributed by atoms with Gasteiger partial charge in [0, 0.05) is 5.57 Å². The van der Waals surface area contributed by atoms with Crippen molar-refractivity contribution in [2.75, 3.05) is 0 Å². The molecule has 2 nitrogen and oxygen atoms in total. The molecule has 0 unspecified atom stereocenters. The molecule has 2 heteroatoms. The van der Waals surface area contributed by atoms with E-state index in [2.05, 4.69) is 0 Å². The molecule has 1 N–H and O–H groups in total. The Kier molecular flexibility index (Phi) is 2.26. The van der Waals surface area contributed by atoms with E-state index in [-0.39, 0.29) is 0 Å². The minimum atomic E-state index is -0.786. The highest BCUT2D eigenvalue weighted by atomic mass is 16.5. The van der Waals surface area contributed by atoms with Gasteiger partial charge in [0.05, 0.1) is 0 Å². The third-order valence-electron chi connectivity index (χ3n) is 1.53. The average molecular weight is 139 g/mol. The molecule has 10 heavy (non-hydrogen) atoms. The van der Waals surface area contributed by atoms with Crippen LogP contribution in [0.4, 0.5) is 0 Å². The van der Waals surface area contributed by atoms with Crippen LogP contribution in [0, 0.1) is 0 Å². The Morgan fingerprint density at radius 2 is 2.40 bits per heavy atom. The van der Waals surface area contributed by atoms with Gasteiger partial charge in [-0.2, -0.15) is 0 Å². The molecule has 0 bridgehead atoms. The van der Waals surface area contributed by atoms with Crippen molar-refractivity contribution in [2.24, 2.45) is 0 Å². The molecule has 0 amide bonds. The topological polar surface area (TPSA) is 37.3 Å². The summed E-state index contributed by atoms with van der Waals surface area (Å²) in [4.78, 5) is 10.4. The van der Waals surface area contributed by atoms with Crippen LogP contribution in [0.5, 0.6) is 0 Å². The number of allylic oxidation sites excluding steroid dienone is 3. The van der Waals surface area contributed by atoms with Gasteiger partial charge in [0.1, 0.15) is 0 Å². The first-order chi connectivity index (χ1) is 4.80. The van der Waals surface area contributed by atoms with Gasteiger partial charge in [0.15, 0.2) is 0 Å². The fourth-order valence-electron chi connectivity index (χ4n) is 0.952. The zero-order chi connectivity index (χ0) is 7.40. The first-order valence-corrected chi connectivity index (χ1v) is 3.39. The third kappa shape index (κ3) is 1.72. The lowest BCUT2D eigenvalue weighted by molar-refractivity contribution is -0.132. The first-order valence-electron chi connectivity index (χ1n) is 3.39. The highest BCUT2D eigenvalue weighted by Crippen LogP contribution is 2.11. The first kappa shape index (κ1) is 7.06. The smallest absolute Gasteiger partial charge is 0.331 e. The zero-order valence-electron chi connectivity index (χ0n) is 5.71. The van der Waals surface area contributed by atoms with Crippen molar-refractivity contribution in [3.63, 3.8) is 0 Å². The van der Waals surface area contributed by atoms with Crippen LogP contribution in [0.15, 0.2) is 23.8 Å². The quantitative estimate of drug-likeness (QED) is 0.562. The Morgan fingerprint density at radius 3 is 3.10 bits per heavy atom. The Bertz CT molecular complexity index is 189. The molecule has 54 valence electrons. The number of carbonyl (C=O) groups is 1. The van der Waals surface area contributed by atoms with Gasteiger partial charge in [-0.3, -0.25) is 0 Å². The summed E-state index contributed by atoms with van der Waals surface area (Å²) in [6.45, 7) is 0. The van der Waals surface area contributed by atoms with Crippen LogP contribution in [-0.4, -0.2) is 11.1 Å². The molecule has 0 saturated heterocycles. The normalized spacial score (nSPS) is 17.8. The van der Waals surface area contributed by atoms with Crippen molar-refractivity contribution >= 4 is 5.97 Å². The van der Waals surface area contributed by atoms with Gasteiger partial charge in [-0.25, -0.2) is 4.79 Å². The number of rotatable bonds is 1. The summed E-state index contributed by atoms with van der Waals surface area (Å²) >= 11 is 0. The molecule has 0 aromatic rings. The van der Waals surface area contributed by atoms with Crippen LogP contribution in [0.2, 0.25) is 0 Å². The van der Waals surface area contributed by atoms with E-state index in [1.165, 1.54) is 0 Å². The second-order valence-corrected chi connectivity index (χ2v) is 2.32. The Hall–Kier alpha value is -1.05. The largest absolute Gasteiger partial charge is 0.478 e. The van der Waals surface area contributed by atoms with E-state index in [1.807, 2.05) is 12.2 Å². The molecule has 0 aromatic carbocycles. The number of carboxylic acid groups (broad SMARTS) is 1. The van der Waals surface area contributed by atoms with E-state index < -0.39 is 5.97 Å². The maximum Gasteiger partial charge on any atom is 0.331 e. The molecule has 0 radical (unpaired) electrons. The van der Waals surface area contributed by atoms with E-state index in [0.29, 0.717) is 12.0 Å². The minimum absolute atomic E-state index is 0.522. The standard InChI is InChI=1S/C8H10O2/c9-8(10)7-5-3-1-2-4-6-7/h1,3,5H,2,4,6H2,(H,9,10)/i8+1. The van der Waals surface area contributed by atoms with Crippen LogP contribution in [0.3, 0.4) is 0 Å². The van der Waals surface area contributed by atoms with Crippen molar-refractivity contribution in [2.45, 2.75) is 19.3 Å². The number of hydrogen-bond donors (Lipinski definition) is 1. The zero-order valence-corrected chi connectivity index (χ0v) is 5.71. The van der Waals surface area contributed by atoms with Crippen molar-refractivity contribution in [3.05, 3.63) is 23.8 Å². The lowest BCUT2D eigenvalue weighted by Crippen LogP contribution is -1.98. The molecule has 0 aromatic heterocycles. The van der Waals surface area contributed by atoms with Crippen molar-refractivity contribution < 1.29 is 9.90 Å². The lowest BCUT2D eigenvalue weighted by Gasteiger charge is -1.95. The summed E-state index contributed by atoms with van der Waals surface area (Å²) in [6.07, 6.45) is 8.13. The van der Waals surface area contributed by atoms with E-state index >= 15 is 0 Å². The molecule has 0 aliphatic heterocycles. The summed E-state index contributed by atoms with van der Waals surface area (Å²) in [5, 5.41) is 8.56. The summed E-state index contributed by atoms with van der Waals surface area (Å²) in [7, 11) is 0. The van der Waals surface area contributed by atoms with Crippen LogP contribution >= 0.6 is 0 Å². The predicted octanol–water partition coefficient (Wildman–Crippen LogP) is 1.74. The SMILES string of the molecule is O=[13C](O)C1=CC=CCCC1. The highest BCUT2D eigenvalue weighted by Gasteiger charge is 2.05. The second-order valence-electron chi connectivity index (χ2n) is 2.32. The molecule has 0 fully saturated rings. The van der Waals surface area contributed by atoms with Crippen LogP contribution in [-0.2, 0) is 4.79 Å². The Morgan fingerprint density at radius 1 is 1.60 bits per heavy atom. The second kappa shape index (κ2) is 3.20. The van der Waals surface area contributed by atoms with Gasteiger partial charge >= 0.3 is 5.97 Å². The maximum atomic E-state index is 10.4. The summed E-state index contributed by atoms with van der Waals surface area (Å²) in [5.41, 5.74) is 0.522. The number of hydrogen-bond acceptors (Lipinski definition) is 1. The molecule has 1 rings (SSSR count). The third-order valence-corrected chi connectivity index (χ3v) is 1.53. The van der Waals surface area contributed by atoms with E-state index in [9.17, 15) is 4.79 Å². The fraction of sp³-hybridized carbons (Fsp3) is 0.375. The highest BCUT2D eigenvalue weighted by molar-refractivity contribution is 5.86. The van der Waals surface area contributed by atoms with Gasteiger partial charge in [0.25, 0.3) is 0 Å². The van der Waals surface area contributed by atoms with E-state index in [1.54, 1.807) is 6.08 Å². The van der Waals surface area contributed by atoms with Crippen molar-refractivity contribution in [1.29, 1.82) is 0 Å². The minimum Gasteiger partial charge on any atom is -0.478 e. The molecule has 1 aliphatic carbocycles. The van der Waals surface area contributed by atoms with Crippen molar-refractivity contribution in [1.82, 2.24) is 0 Å². The van der Waals surface area contributed by atoms with Crippen LogP contribution in [0.25, 0.3) is 0 Å². The summed E-state index contributed by atoms with van der Waals surface area (Å²) in [6, 6.07) is 0. The maximum absolute atomic E-state index is 10.4. The van der Waals surface area contributed by atoms with Gasteiger partial charge < -0.3 is 5.11 Å². The molecule has 0 heterocycles. The van der Waals surface area contributed by atoms with E-state index in [0.717, 1.165) is 12.8 Å². The Balaban J connectivity index is 2.66. The molecule has 1 aliphatic rings. The van der Waals surface area contributed by atoms with Crippen LogP contribution < -0.4 is 0 Å². The molecule has 0 spiro atoms. The molecule has 0 atom stereocenters. The van der Waals surface area contributed by atoms with Gasteiger partial charge in [0.2, 0.25) is 0 Å². The van der Waals surface area contributed by atoms with Crippen LogP contribution in [0.1, 0.15) is 19.3 Å². The monoisotopic (exact) mass is 139 g/mol. The molecular weight excluding hydrogens is 129 g/mol. The van der Waals surface area contributed by atoms with E-state index in [4.69, 9.17) is 5.11 Å². The average Bonchev–Trinajstić information content (AvgIpc) is 2.12. The van der Waals surface area contributed by atoms with Gasteiger partial charge in [-0.1, -0.05) is 18.2 Å². The lowest BCUT2D eigenvalue weighted by atomic mass is 10.2. The molecule has 0 saturated carbocycles. The van der Waals surface area contributed by atoms with Gasteiger partial charge in [-0.05, 0) is 19.3 Å². The summed E-state index contributed by atoms with van der Waals surface area (Å²) < 4.78 is 0. The fourth-order valence-corrected chi connectivity index (χ4v) is 0.952. The molecular formula is C8H10O2. The van der Waals surface area contributed by atoms with Crippen molar-refractivity contribution in [3.8, 4) is 0 Å². The number of aliphatic carboxylic acids is 1. The number of carboxylic acids is 1. The predicted molar refractivity (Wildman–Crippen MR) is 38.7 cm³/mol.